The maximum absolute atomic E-state index is 12.8. The summed E-state index contributed by atoms with van der Waals surface area (Å²) in [6.45, 7) is -1.69. The van der Waals surface area contributed by atoms with Crippen LogP contribution in [0.15, 0.2) is 56.8 Å². The minimum absolute atomic E-state index is 0.248. The second-order valence-electron chi connectivity index (χ2n) is 6.19. The third kappa shape index (κ3) is 4.10. The second-order valence-corrected chi connectivity index (χ2v) is 7.75. The van der Waals surface area contributed by atoms with Crippen LogP contribution in [-0.2, 0) is 4.79 Å². The average Bonchev–Trinajstić information content (AvgIpc) is 3.36. The molecule has 0 spiro atoms. The maximum Gasteiger partial charge on any atom is 0.408 e. The van der Waals surface area contributed by atoms with E-state index in [0.29, 0.717) is 10.6 Å². The number of nitrogens with one attached hydrogen (secondary N) is 1. The summed E-state index contributed by atoms with van der Waals surface area (Å²) in [7, 11) is 0. The van der Waals surface area contributed by atoms with Crippen molar-refractivity contribution in [1.82, 2.24) is 10.4 Å². The highest BCUT2D eigenvalue weighted by Crippen LogP contribution is 2.31. The van der Waals surface area contributed by atoms with Crippen molar-refractivity contribution in [2.75, 3.05) is 13.1 Å². The van der Waals surface area contributed by atoms with Gasteiger partial charge in [-0.3, -0.25) is 15.2 Å². The first-order valence-electron chi connectivity index (χ1n) is 8.28. The zero-order valence-electron chi connectivity index (χ0n) is 14.4. The highest BCUT2D eigenvalue weighted by atomic mass is 32.1. The van der Waals surface area contributed by atoms with Gasteiger partial charge in [0.2, 0.25) is 0 Å². The molecule has 0 atom stereocenters. The first kappa shape index (κ1) is 18.7. The van der Waals surface area contributed by atoms with Gasteiger partial charge in [0.05, 0.1) is 0 Å². The molecular formula is C19H14F3N3OS2. The van der Waals surface area contributed by atoms with E-state index in [1.54, 1.807) is 22.7 Å². The van der Waals surface area contributed by atoms with Crippen LogP contribution >= 0.6 is 22.7 Å². The van der Waals surface area contributed by atoms with E-state index in [2.05, 4.69) is 10.4 Å². The molecule has 2 aromatic heterocycles. The lowest BCUT2D eigenvalue weighted by atomic mass is 9.98. The standard InChI is InChI=1S/C19H14F3N3OS2/c20-19(21,22)11-25-17(26)8-23-18(24-25)16-6-14(12-1-3-27-9-12)5-15(7-16)13-2-4-28-10-13/h1-7,9-10H,8,11H2,(H,23,24). The molecule has 3 aromatic rings. The van der Waals surface area contributed by atoms with Gasteiger partial charge < -0.3 is 0 Å². The van der Waals surface area contributed by atoms with Crippen molar-refractivity contribution in [2.24, 2.45) is 4.99 Å². The van der Waals surface area contributed by atoms with Crippen molar-refractivity contribution in [3.63, 3.8) is 0 Å². The highest BCUT2D eigenvalue weighted by Gasteiger charge is 2.35. The van der Waals surface area contributed by atoms with Crippen LogP contribution in [0.2, 0.25) is 0 Å². The molecule has 3 heterocycles. The molecule has 0 saturated heterocycles. The molecule has 1 aliphatic heterocycles. The molecule has 0 saturated carbocycles. The van der Waals surface area contributed by atoms with Crippen molar-refractivity contribution in [2.45, 2.75) is 6.18 Å². The molecule has 0 fully saturated rings. The molecular weight excluding hydrogens is 407 g/mol. The smallest absolute Gasteiger partial charge is 0.279 e. The van der Waals surface area contributed by atoms with Crippen molar-refractivity contribution in [3.8, 4) is 22.3 Å². The van der Waals surface area contributed by atoms with Crippen molar-refractivity contribution in [3.05, 3.63) is 57.4 Å². The minimum atomic E-state index is -4.49. The van der Waals surface area contributed by atoms with Gasteiger partial charge in [0.25, 0.3) is 5.91 Å². The van der Waals surface area contributed by atoms with Gasteiger partial charge in [-0.15, -0.1) is 0 Å². The van der Waals surface area contributed by atoms with Crippen LogP contribution in [0.4, 0.5) is 13.2 Å². The number of carbonyl (C=O) groups excluding carboxylic acids is 1. The summed E-state index contributed by atoms with van der Waals surface area (Å²) in [4.78, 5) is 16.0. The second kappa shape index (κ2) is 7.40. The number of amides is 1. The monoisotopic (exact) mass is 421 g/mol. The first-order valence-corrected chi connectivity index (χ1v) is 10.2. The van der Waals surface area contributed by atoms with E-state index in [1.165, 1.54) is 0 Å². The van der Waals surface area contributed by atoms with Crippen LogP contribution in [0.1, 0.15) is 5.56 Å². The molecule has 1 aromatic carbocycles. The largest absolute Gasteiger partial charge is 0.408 e. The summed E-state index contributed by atoms with van der Waals surface area (Å²) in [6.07, 6.45) is -4.49. The number of hydrogen-bond acceptors (Lipinski definition) is 5. The molecule has 4 rings (SSSR count). The Kier molecular flexibility index (Phi) is 4.94. The maximum atomic E-state index is 12.8. The van der Waals surface area contributed by atoms with Gasteiger partial charge >= 0.3 is 6.18 Å². The van der Waals surface area contributed by atoms with Gasteiger partial charge in [-0.05, 0) is 74.1 Å². The molecule has 28 heavy (non-hydrogen) atoms. The number of aliphatic imine (C=N–C) groups is 1. The third-order valence-electron chi connectivity index (χ3n) is 4.17. The highest BCUT2D eigenvalue weighted by molar-refractivity contribution is 7.08. The Morgan fingerprint density at radius 1 is 0.964 bits per heavy atom. The quantitative estimate of drug-likeness (QED) is 0.658. The number of nitrogens with zero attached hydrogens (tertiary/aromatic N) is 2. The van der Waals surface area contributed by atoms with Crippen molar-refractivity contribution >= 4 is 34.4 Å². The number of hydrazine groups is 1. The average molecular weight is 421 g/mol. The summed E-state index contributed by atoms with van der Waals surface area (Å²) >= 11 is 3.13. The lowest BCUT2D eigenvalue weighted by Gasteiger charge is -2.29. The first-order chi connectivity index (χ1) is 13.4. The molecule has 4 nitrogen and oxygen atoms in total. The topological polar surface area (TPSA) is 44.7 Å². The summed E-state index contributed by atoms with van der Waals surface area (Å²) in [5.74, 6) is -0.467. The Morgan fingerprint density at radius 3 is 2.04 bits per heavy atom. The van der Waals surface area contributed by atoms with E-state index in [-0.39, 0.29) is 12.4 Å². The molecule has 9 heteroatoms. The lowest BCUT2D eigenvalue weighted by Crippen LogP contribution is -2.54. The number of carbonyl (C=O) groups is 1. The van der Waals surface area contributed by atoms with Crippen molar-refractivity contribution < 1.29 is 18.0 Å². The third-order valence-corrected chi connectivity index (χ3v) is 5.53. The summed E-state index contributed by atoms with van der Waals surface area (Å²) in [5.41, 5.74) is 7.07. The molecule has 144 valence electrons. The Labute approximate surface area is 166 Å². The van der Waals surface area contributed by atoms with Crippen LogP contribution < -0.4 is 5.43 Å². The zero-order chi connectivity index (χ0) is 19.7. The fraction of sp³-hybridized carbons (Fsp3) is 0.158. The van der Waals surface area contributed by atoms with Gasteiger partial charge in [-0.25, -0.2) is 5.01 Å². The van der Waals surface area contributed by atoms with Gasteiger partial charge in [0.1, 0.15) is 18.9 Å². The Balaban J connectivity index is 1.73. The fourth-order valence-corrected chi connectivity index (χ4v) is 4.21. The lowest BCUT2D eigenvalue weighted by molar-refractivity contribution is -0.164. The number of hydrogen-bond donors (Lipinski definition) is 1. The molecule has 0 aliphatic carbocycles. The van der Waals surface area contributed by atoms with Crippen LogP contribution in [0.5, 0.6) is 0 Å². The van der Waals surface area contributed by atoms with Gasteiger partial charge in [-0.2, -0.15) is 35.8 Å². The van der Waals surface area contributed by atoms with E-state index in [9.17, 15) is 18.0 Å². The summed E-state index contributed by atoms with van der Waals surface area (Å²) in [6, 6.07) is 9.74. The van der Waals surface area contributed by atoms with Crippen molar-refractivity contribution in [1.29, 1.82) is 0 Å². The molecule has 1 N–H and O–H groups in total. The van der Waals surface area contributed by atoms with Crippen LogP contribution in [0, 0.1) is 0 Å². The van der Waals surface area contributed by atoms with E-state index in [4.69, 9.17) is 0 Å². The minimum Gasteiger partial charge on any atom is -0.279 e. The Morgan fingerprint density at radius 2 is 1.54 bits per heavy atom. The number of alkyl halides is 3. The number of benzene rings is 1. The SMILES string of the molecule is O=C1CN=C(c2cc(-c3ccsc3)cc(-c3ccsc3)c2)NN1CC(F)(F)F. The predicted octanol–water partition coefficient (Wildman–Crippen LogP) is 4.80. The van der Waals surface area contributed by atoms with Gasteiger partial charge in [-0.1, -0.05) is 0 Å². The molecule has 0 unspecified atom stereocenters. The van der Waals surface area contributed by atoms with Crippen LogP contribution in [0.25, 0.3) is 22.3 Å². The zero-order valence-corrected chi connectivity index (χ0v) is 16.0. The van der Waals surface area contributed by atoms with Gasteiger partial charge in [0, 0.05) is 5.56 Å². The predicted molar refractivity (Wildman–Crippen MR) is 105 cm³/mol. The molecule has 1 aliphatic rings. The summed E-state index contributed by atoms with van der Waals surface area (Å²) < 4.78 is 38.3. The Hall–Kier alpha value is -2.65. The molecule has 0 bridgehead atoms. The van der Waals surface area contributed by atoms with E-state index in [0.717, 1.165) is 22.3 Å². The van der Waals surface area contributed by atoms with Crippen LogP contribution in [-0.4, -0.2) is 36.0 Å². The number of rotatable bonds is 4. The Bertz CT molecular complexity index is 959. The number of thiophene rings is 2. The molecule has 0 radical (unpaired) electrons. The summed E-state index contributed by atoms with van der Waals surface area (Å²) in [5, 5.41) is 8.51. The number of halogens is 3. The van der Waals surface area contributed by atoms with Gasteiger partial charge in [0.15, 0.2) is 0 Å². The normalized spacial score (nSPS) is 14.8. The van der Waals surface area contributed by atoms with E-state index >= 15 is 0 Å². The van der Waals surface area contributed by atoms with E-state index < -0.39 is 18.6 Å². The van der Waals surface area contributed by atoms with Crippen LogP contribution in [0.3, 0.4) is 0 Å². The molecule has 1 amide bonds. The fourth-order valence-electron chi connectivity index (χ4n) is 2.88. The number of amidine groups is 1. The van der Waals surface area contributed by atoms with E-state index in [1.807, 2.05) is 51.9 Å².